The third-order valence-corrected chi connectivity index (χ3v) is 2.91. The lowest BCUT2D eigenvalue weighted by atomic mass is 10.2. The number of hydrogen-bond donors (Lipinski definition) is 1. The SMILES string of the molecule is COCCn1c(-c2cccc(Cl)c2)n[nH]c1=S. The van der Waals surface area contributed by atoms with Crippen LogP contribution >= 0.6 is 23.8 Å². The summed E-state index contributed by atoms with van der Waals surface area (Å²) < 4.78 is 7.52. The summed E-state index contributed by atoms with van der Waals surface area (Å²) in [5, 5.41) is 7.67. The summed E-state index contributed by atoms with van der Waals surface area (Å²) in [5.74, 6) is 0.773. The van der Waals surface area contributed by atoms with E-state index in [0.717, 1.165) is 11.4 Å². The van der Waals surface area contributed by atoms with Crippen molar-refractivity contribution in [3.05, 3.63) is 34.1 Å². The zero-order chi connectivity index (χ0) is 12.3. The number of hydrogen-bond acceptors (Lipinski definition) is 3. The first-order valence-corrected chi connectivity index (χ1v) is 5.91. The average molecular weight is 270 g/mol. The lowest BCUT2D eigenvalue weighted by Gasteiger charge is -2.06. The van der Waals surface area contributed by atoms with Gasteiger partial charge >= 0.3 is 0 Å². The Balaban J connectivity index is 2.42. The molecule has 1 aromatic heterocycles. The number of aromatic nitrogens is 3. The number of rotatable bonds is 4. The van der Waals surface area contributed by atoms with E-state index in [2.05, 4.69) is 10.2 Å². The Bertz CT molecular complexity index is 564. The quantitative estimate of drug-likeness (QED) is 0.868. The molecule has 0 spiro atoms. The standard InChI is InChI=1S/C11H12ClN3OS/c1-16-6-5-15-10(13-14-11(15)17)8-3-2-4-9(12)7-8/h2-4,7H,5-6H2,1H3,(H,14,17). The summed E-state index contributed by atoms with van der Waals surface area (Å²) >= 11 is 11.1. The van der Waals surface area contributed by atoms with Gasteiger partial charge in [0.1, 0.15) is 0 Å². The van der Waals surface area contributed by atoms with Crippen molar-refractivity contribution >= 4 is 23.8 Å². The molecule has 0 radical (unpaired) electrons. The fourth-order valence-electron chi connectivity index (χ4n) is 1.56. The van der Waals surface area contributed by atoms with Crippen LogP contribution in [0.4, 0.5) is 0 Å². The van der Waals surface area contributed by atoms with Gasteiger partial charge in [-0.05, 0) is 24.4 Å². The van der Waals surface area contributed by atoms with Gasteiger partial charge in [-0.2, -0.15) is 5.10 Å². The predicted octanol–water partition coefficient (Wildman–Crippen LogP) is 2.91. The molecule has 0 fully saturated rings. The van der Waals surface area contributed by atoms with Crippen LogP contribution in [-0.2, 0) is 11.3 Å². The molecule has 0 amide bonds. The van der Waals surface area contributed by atoms with E-state index in [4.69, 9.17) is 28.6 Å². The van der Waals surface area contributed by atoms with Crippen LogP contribution in [-0.4, -0.2) is 28.5 Å². The van der Waals surface area contributed by atoms with Crippen LogP contribution in [0.3, 0.4) is 0 Å². The van der Waals surface area contributed by atoms with Crippen LogP contribution in [0.1, 0.15) is 0 Å². The molecule has 0 atom stereocenters. The maximum atomic E-state index is 5.96. The highest BCUT2D eigenvalue weighted by molar-refractivity contribution is 7.71. The maximum absolute atomic E-state index is 5.96. The van der Waals surface area contributed by atoms with Gasteiger partial charge in [0.25, 0.3) is 0 Å². The third-order valence-electron chi connectivity index (χ3n) is 2.36. The Morgan fingerprint density at radius 3 is 3.06 bits per heavy atom. The monoisotopic (exact) mass is 269 g/mol. The molecule has 0 saturated carbocycles. The molecule has 0 aliphatic rings. The molecule has 2 aromatic rings. The number of methoxy groups -OCH3 is 1. The Kier molecular flexibility index (Phi) is 3.93. The first-order chi connectivity index (χ1) is 8.22. The van der Waals surface area contributed by atoms with E-state index in [1.54, 1.807) is 7.11 Å². The van der Waals surface area contributed by atoms with Crippen LogP contribution in [0.15, 0.2) is 24.3 Å². The van der Waals surface area contributed by atoms with Gasteiger partial charge < -0.3 is 4.74 Å². The molecule has 0 unspecified atom stereocenters. The Labute approximate surface area is 109 Å². The number of nitrogens with zero attached hydrogens (tertiary/aromatic N) is 2. The molecule has 1 heterocycles. The van der Waals surface area contributed by atoms with Crippen LogP contribution in [0.25, 0.3) is 11.4 Å². The highest BCUT2D eigenvalue weighted by Crippen LogP contribution is 2.20. The van der Waals surface area contributed by atoms with Gasteiger partial charge in [-0.3, -0.25) is 9.67 Å². The smallest absolute Gasteiger partial charge is 0.195 e. The van der Waals surface area contributed by atoms with E-state index >= 15 is 0 Å². The Hall–Kier alpha value is -1.17. The van der Waals surface area contributed by atoms with E-state index in [9.17, 15) is 0 Å². The van der Waals surface area contributed by atoms with Crippen molar-refractivity contribution in [1.82, 2.24) is 14.8 Å². The van der Waals surface area contributed by atoms with Gasteiger partial charge in [0.2, 0.25) is 0 Å². The number of benzene rings is 1. The van der Waals surface area contributed by atoms with Crippen molar-refractivity contribution in [3.8, 4) is 11.4 Å². The van der Waals surface area contributed by atoms with Gasteiger partial charge in [0, 0.05) is 17.7 Å². The van der Waals surface area contributed by atoms with Crippen LogP contribution < -0.4 is 0 Å². The summed E-state index contributed by atoms with van der Waals surface area (Å²) in [7, 11) is 1.66. The van der Waals surface area contributed by atoms with E-state index in [1.165, 1.54) is 0 Å². The fourth-order valence-corrected chi connectivity index (χ4v) is 1.97. The number of nitrogens with one attached hydrogen (secondary N) is 1. The molecule has 4 nitrogen and oxygen atoms in total. The van der Waals surface area contributed by atoms with E-state index in [0.29, 0.717) is 22.9 Å². The molecule has 1 aromatic carbocycles. The molecule has 0 aliphatic heterocycles. The van der Waals surface area contributed by atoms with Crippen molar-refractivity contribution in [1.29, 1.82) is 0 Å². The van der Waals surface area contributed by atoms with Crippen molar-refractivity contribution in [3.63, 3.8) is 0 Å². The van der Waals surface area contributed by atoms with Crippen molar-refractivity contribution < 1.29 is 4.74 Å². The minimum atomic E-state index is 0.581. The highest BCUT2D eigenvalue weighted by atomic mass is 35.5. The van der Waals surface area contributed by atoms with Gasteiger partial charge in [0.05, 0.1) is 13.2 Å². The van der Waals surface area contributed by atoms with Crippen LogP contribution in [0.2, 0.25) is 5.02 Å². The second kappa shape index (κ2) is 5.44. The first-order valence-electron chi connectivity index (χ1n) is 5.12. The molecular formula is C11H12ClN3OS. The topological polar surface area (TPSA) is 42.8 Å². The summed E-state index contributed by atoms with van der Waals surface area (Å²) in [5.41, 5.74) is 0.931. The summed E-state index contributed by atoms with van der Waals surface area (Å²) in [6.45, 7) is 1.25. The van der Waals surface area contributed by atoms with Crippen LogP contribution in [0, 0.1) is 4.77 Å². The number of H-pyrrole nitrogens is 1. The Morgan fingerprint density at radius 1 is 1.53 bits per heavy atom. The van der Waals surface area contributed by atoms with E-state index in [-0.39, 0.29) is 0 Å². The molecule has 2 rings (SSSR count). The first kappa shape index (κ1) is 12.3. The molecule has 0 aliphatic carbocycles. The average Bonchev–Trinajstić information content (AvgIpc) is 2.68. The number of ether oxygens (including phenoxy) is 1. The molecule has 0 saturated heterocycles. The molecule has 17 heavy (non-hydrogen) atoms. The van der Waals surface area contributed by atoms with Gasteiger partial charge in [-0.1, -0.05) is 23.7 Å². The third kappa shape index (κ3) is 2.74. The van der Waals surface area contributed by atoms with Crippen LogP contribution in [0.5, 0.6) is 0 Å². The fraction of sp³-hybridized carbons (Fsp3) is 0.273. The highest BCUT2D eigenvalue weighted by Gasteiger charge is 2.08. The molecule has 1 N–H and O–H groups in total. The maximum Gasteiger partial charge on any atom is 0.195 e. The van der Waals surface area contributed by atoms with Crippen molar-refractivity contribution in [2.24, 2.45) is 0 Å². The van der Waals surface area contributed by atoms with Crippen molar-refractivity contribution in [2.45, 2.75) is 6.54 Å². The minimum Gasteiger partial charge on any atom is -0.383 e. The molecule has 6 heteroatoms. The second-order valence-electron chi connectivity index (χ2n) is 3.51. The van der Waals surface area contributed by atoms with Gasteiger partial charge in [-0.15, -0.1) is 0 Å². The predicted molar refractivity (Wildman–Crippen MR) is 69.7 cm³/mol. The lowest BCUT2D eigenvalue weighted by Crippen LogP contribution is -2.06. The number of aromatic amines is 1. The zero-order valence-corrected chi connectivity index (χ0v) is 10.9. The minimum absolute atomic E-state index is 0.581. The number of halogens is 1. The normalized spacial score (nSPS) is 10.7. The second-order valence-corrected chi connectivity index (χ2v) is 4.33. The summed E-state index contributed by atoms with van der Waals surface area (Å²) in [6, 6.07) is 7.51. The lowest BCUT2D eigenvalue weighted by molar-refractivity contribution is 0.187. The zero-order valence-electron chi connectivity index (χ0n) is 9.31. The van der Waals surface area contributed by atoms with E-state index < -0.39 is 0 Å². The van der Waals surface area contributed by atoms with E-state index in [1.807, 2.05) is 28.8 Å². The Morgan fingerprint density at radius 2 is 2.35 bits per heavy atom. The van der Waals surface area contributed by atoms with Gasteiger partial charge in [0.15, 0.2) is 10.6 Å². The summed E-state index contributed by atoms with van der Waals surface area (Å²) in [6.07, 6.45) is 0. The van der Waals surface area contributed by atoms with Gasteiger partial charge in [-0.25, -0.2) is 0 Å². The molecular weight excluding hydrogens is 258 g/mol. The molecule has 0 bridgehead atoms. The van der Waals surface area contributed by atoms with Crippen molar-refractivity contribution in [2.75, 3.05) is 13.7 Å². The summed E-state index contributed by atoms with van der Waals surface area (Å²) in [4.78, 5) is 0. The largest absolute Gasteiger partial charge is 0.383 e. The molecule has 90 valence electrons.